The van der Waals surface area contributed by atoms with Gasteiger partial charge in [-0.2, -0.15) is 0 Å². The molecule has 166 valence electrons. The molecule has 8 heteroatoms. The molecule has 1 saturated heterocycles. The lowest BCUT2D eigenvalue weighted by Gasteiger charge is -2.30. The van der Waals surface area contributed by atoms with E-state index in [0.29, 0.717) is 6.54 Å². The Morgan fingerprint density at radius 1 is 1.26 bits per heavy atom. The van der Waals surface area contributed by atoms with Crippen molar-refractivity contribution in [3.8, 4) is 11.3 Å². The number of anilines is 2. The zero-order valence-corrected chi connectivity index (χ0v) is 18.7. The molecule has 1 aliphatic heterocycles. The molecule has 8 nitrogen and oxygen atoms in total. The number of pyridine rings is 1. The molecule has 0 bridgehead atoms. The number of aromatic nitrogens is 4. The average Bonchev–Trinajstić information content (AvgIpc) is 3.29. The van der Waals surface area contributed by atoms with Crippen molar-refractivity contribution in [3.63, 3.8) is 0 Å². The van der Waals surface area contributed by atoms with Gasteiger partial charge in [-0.1, -0.05) is 13.3 Å². The van der Waals surface area contributed by atoms with Crippen LogP contribution in [0.15, 0.2) is 30.7 Å². The predicted octanol–water partition coefficient (Wildman–Crippen LogP) is 3.38. The molecule has 0 spiro atoms. The fourth-order valence-electron chi connectivity index (χ4n) is 4.75. The molecule has 4 N–H and O–H groups in total. The topological polar surface area (TPSA) is 113 Å². The second-order valence-electron chi connectivity index (χ2n) is 9.18. The van der Waals surface area contributed by atoms with Gasteiger partial charge in [-0.05, 0) is 39.3 Å². The summed E-state index contributed by atoms with van der Waals surface area (Å²) in [7, 11) is 0. The van der Waals surface area contributed by atoms with E-state index in [-0.39, 0.29) is 36.2 Å². The maximum absolute atomic E-state index is 10.4. The highest BCUT2D eigenvalue weighted by atomic mass is 16.5. The molecule has 3 aromatic rings. The molecule has 0 radical (unpaired) electrons. The minimum atomic E-state index is -0.252. The summed E-state index contributed by atoms with van der Waals surface area (Å²) in [5.74, 6) is 0.475. The number of ether oxygens (including phenoxy) is 1. The highest BCUT2D eigenvalue weighted by molar-refractivity contribution is 6.02. The van der Waals surface area contributed by atoms with Crippen molar-refractivity contribution in [2.75, 3.05) is 23.8 Å². The smallest absolute Gasteiger partial charge is 0.220 e. The maximum Gasteiger partial charge on any atom is 0.220 e. The zero-order chi connectivity index (χ0) is 22.2. The van der Waals surface area contributed by atoms with Crippen LogP contribution in [0.2, 0.25) is 0 Å². The Hall–Kier alpha value is -2.71. The van der Waals surface area contributed by atoms with Crippen molar-refractivity contribution in [1.29, 1.82) is 0 Å². The van der Waals surface area contributed by atoms with Crippen molar-refractivity contribution in [1.82, 2.24) is 19.9 Å². The quantitative estimate of drug-likeness (QED) is 0.556. The third-order valence-corrected chi connectivity index (χ3v) is 5.87. The van der Waals surface area contributed by atoms with Gasteiger partial charge in [-0.3, -0.25) is 0 Å². The van der Waals surface area contributed by atoms with E-state index in [4.69, 9.17) is 10.5 Å². The Kier molecular flexibility index (Phi) is 5.85. The maximum atomic E-state index is 10.4. The normalized spacial score (nSPS) is 21.8. The summed E-state index contributed by atoms with van der Waals surface area (Å²) in [6.45, 7) is 9.21. The number of aromatic amines is 1. The summed E-state index contributed by atoms with van der Waals surface area (Å²) in [5.41, 5.74) is 9.01. The number of aliphatic hydroxyl groups is 1. The van der Waals surface area contributed by atoms with Crippen molar-refractivity contribution >= 4 is 22.7 Å². The number of aliphatic hydroxyl groups excluding tert-OH is 1. The number of hydrogen-bond donors (Lipinski definition) is 3. The number of rotatable bonds is 6. The van der Waals surface area contributed by atoms with Crippen LogP contribution in [0.3, 0.4) is 0 Å². The van der Waals surface area contributed by atoms with Gasteiger partial charge >= 0.3 is 0 Å². The van der Waals surface area contributed by atoms with E-state index in [2.05, 4.69) is 52.5 Å². The monoisotopic (exact) mass is 424 g/mol. The van der Waals surface area contributed by atoms with Gasteiger partial charge in [0.25, 0.3) is 0 Å². The summed E-state index contributed by atoms with van der Waals surface area (Å²) >= 11 is 0. The van der Waals surface area contributed by atoms with Crippen LogP contribution in [-0.4, -0.2) is 55.9 Å². The lowest BCUT2D eigenvalue weighted by atomic mass is 9.93. The molecule has 3 atom stereocenters. The van der Waals surface area contributed by atoms with E-state index in [0.717, 1.165) is 40.8 Å². The van der Waals surface area contributed by atoms with Gasteiger partial charge in [0.1, 0.15) is 5.65 Å². The molecule has 0 amide bonds. The number of nitrogens with zero attached hydrogens (tertiary/aromatic N) is 4. The summed E-state index contributed by atoms with van der Waals surface area (Å²) in [5, 5.41) is 11.4. The van der Waals surface area contributed by atoms with E-state index >= 15 is 0 Å². The number of nitrogen functional groups attached to an aromatic ring is 1. The van der Waals surface area contributed by atoms with E-state index < -0.39 is 0 Å². The minimum Gasteiger partial charge on any atom is -0.394 e. The molecule has 0 saturated carbocycles. The van der Waals surface area contributed by atoms with Crippen LogP contribution in [0.5, 0.6) is 0 Å². The molecule has 1 fully saturated rings. The Morgan fingerprint density at radius 3 is 2.71 bits per heavy atom. The first kappa shape index (κ1) is 21.5. The predicted molar refractivity (Wildman–Crippen MR) is 123 cm³/mol. The number of nitrogens with two attached hydrogens (primary N) is 1. The van der Waals surface area contributed by atoms with Gasteiger partial charge in [0, 0.05) is 36.6 Å². The molecule has 1 aliphatic rings. The second-order valence-corrected chi connectivity index (χ2v) is 9.18. The van der Waals surface area contributed by atoms with Crippen LogP contribution in [0.25, 0.3) is 22.3 Å². The summed E-state index contributed by atoms with van der Waals surface area (Å²) < 4.78 is 6.46. The number of nitrogens with one attached hydrogen (secondary N) is 1. The van der Waals surface area contributed by atoms with Gasteiger partial charge < -0.3 is 25.5 Å². The molecule has 4 heterocycles. The van der Waals surface area contributed by atoms with Crippen molar-refractivity contribution in [2.24, 2.45) is 5.92 Å². The number of fused-ring (bicyclic) bond motifs is 1. The summed E-state index contributed by atoms with van der Waals surface area (Å²) in [4.78, 5) is 18.5. The SMILES string of the molecule is CCCC1C(OC(C)(C)C)CN(c2ccnc3[nH]cc(-c4ccnc(N)n4)c23)[C@@H]1CO. The van der Waals surface area contributed by atoms with E-state index in [1.807, 2.05) is 18.3 Å². The average molecular weight is 425 g/mol. The standard InChI is InChI=1S/C23H32N6O2/c1-5-6-14-18(13-30)29(12-19(14)31-23(2,3)4)17-8-10-25-21-20(17)15(11-27-21)16-7-9-26-22(24)28-16/h7-11,14,18-19,30H,5-6,12-13H2,1-4H3,(H,25,27)(H2,24,26,28)/t14?,18-,19?/m1/s1. The molecule has 2 unspecified atom stereocenters. The Balaban J connectivity index is 1.81. The molecule has 3 aromatic heterocycles. The second kappa shape index (κ2) is 8.43. The molecule has 4 rings (SSSR count). The number of H-pyrrole nitrogens is 1. The Bertz CT molecular complexity index is 1040. The highest BCUT2D eigenvalue weighted by Gasteiger charge is 2.43. The number of hydrogen-bond acceptors (Lipinski definition) is 7. The Labute approximate surface area is 182 Å². The van der Waals surface area contributed by atoms with Crippen LogP contribution in [-0.2, 0) is 4.74 Å². The van der Waals surface area contributed by atoms with Gasteiger partial charge in [0.15, 0.2) is 0 Å². The fourth-order valence-corrected chi connectivity index (χ4v) is 4.75. The van der Waals surface area contributed by atoms with Crippen LogP contribution < -0.4 is 10.6 Å². The fraction of sp³-hybridized carbons (Fsp3) is 0.522. The minimum absolute atomic E-state index is 0.0314. The zero-order valence-electron chi connectivity index (χ0n) is 18.7. The van der Waals surface area contributed by atoms with Crippen LogP contribution in [0.4, 0.5) is 11.6 Å². The van der Waals surface area contributed by atoms with E-state index in [1.165, 1.54) is 0 Å². The summed E-state index contributed by atoms with van der Waals surface area (Å²) in [6.07, 6.45) is 7.44. The molecule has 31 heavy (non-hydrogen) atoms. The van der Waals surface area contributed by atoms with Crippen molar-refractivity contribution in [2.45, 2.75) is 58.3 Å². The van der Waals surface area contributed by atoms with Crippen LogP contribution in [0.1, 0.15) is 40.5 Å². The summed E-state index contributed by atoms with van der Waals surface area (Å²) in [6, 6.07) is 3.82. The highest BCUT2D eigenvalue weighted by Crippen LogP contribution is 2.41. The largest absolute Gasteiger partial charge is 0.394 e. The third-order valence-electron chi connectivity index (χ3n) is 5.87. The van der Waals surface area contributed by atoms with Gasteiger partial charge in [0.2, 0.25) is 5.95 Å². The van der Waals surface area contributed by atoms with E-state index in [9.17, 15) is 5.11 Å². The van der Waals surface area contributed by atoms with Crippen LogP contribution in [0, 0.1) is 5.92 Å². The van der Waals surface area contributed by atoms with Crippen molar-refractivity contribution in [3.05, 3.63) is 30.7 Å². The van der Waals surface area contributed by atoms with E-state index in [1.54, 1.807) is 12.4 Å². The van der Waals surface area contributed by atoms with Gasteiger partial charge in [-0.25, -0.2) is 15.0 Å². The third kappa shape index (κ3) is 4.22. The molecular weight excluding hydrogens is 392 g/mol. The first-order valence-corrected chi connectivity index (χ1v) is 10.9. The van der Waals surface area contributed by atoms with Gasteiger partial charge in [0.05, 0.1) is 41.1 Å². The van der Waals surface area contributed by atoms with Gasteiger partial charge in [-0.15, -0.1) is 0 Å². The molecule has 0 aliphatic carbocycles. The molecule has 0 aromatic carbocycles. The Morgan fingerprint density at radius 2 is 2.03 bits per heavy atom. The van der Waals surface area contributed by atoms with Crippen molar-refractivity contribution < 1.29 is 9.84 Å². The van der Waals surface area contributed by atoms with Crippen LogP contribution >= 0.6 is 0 Å². The first-order chi connectivity index (χ1) is 14.8. The lowest BCUT2D eigenvalue weighted by molar-refractivity contribution is -0.0730. The first-order valence-electron chi connectivity index (χ1n) is 10.9. The lowest BCUT2D eigenvalue weighted by Crippen LogP contribution is -2.36. The molecular formula is C23H32N6O2.